The van der Waals surface area contributed by atoms with Crippen LogP contribution in [0.15, 0.2) is 30.6 Å². The van der Waals surface area contributed by atoms with Crippen LogP contribution in [0.5, 0.6) is 0 Å². The van der Waals surface area contributed by atoms with Crippen LogP contribution in [0, 0.1) is 11.6 Å². The van der Waals surface area contributed by atoms with Crippen molar-refractivity contribution >= 4 is 5.82 Å². The summed E-state index contributed by atoms with van der Waals surface area (Å²) in [7, 11) is 0. The average molecular weight is 249 g/mol. The van der Waals surface area contributed by atoms with E-state index in [-0.39, 0.29) is 0 Å². The number of nitrogens with one attached hydrogen (secondary N) is 1. The van der Waals surface area contributed by atoms with Crippen molar-refractivity contribution in [1.29, 1.82) is 0 Å². The molecule has 0 aliphatic rings. The number of benzene rings is 1. The van der Waals surface area contributed by atoms with Gasteiger partial charge in [0.2, 0.25) is 0 Å². The maximum absolute atomic E-state index is 13.1. The number of hydrogen-bond donors (Lipinski definition) is 1. The average Bonchev–Trinajstić information content (AvgIpc) is 2.35. The Balaban J connectivity index is 2.32. The van der Waals surface area contributed by atoms with Crippen LogP contribution < -0.4 is 5.32 Å². The van der Waals surface area contributed by atoms with Crippen LogP contribution in [0.2, 0.25) is 0 Å². The van der Waals surface area contributed by atoms with E-state index < -0.39 is 11.6 Å². The van der Waals surface area contributed by atoms with Crippen molar-refractivity contribution < 1.29 is 8.78 Å². The van der Waals surface area contributed by atoms with Gasteiger partial charge in [-0.15, -0.1) is 0 Å². The molecule has 0 fully saturated rings. The predicted molar refractivity (Wildman–Crippen MR) is 66.2 cm³/mol. The third-order valence-electron chi connectivity index (χ3n) is 2.38. The zero-order valence-electron chi connectivity index (χ0n) is 9.95. The first-order valence-corrected chi connectivity index (χ1v) is 5.71. The molecule has 5 heteroatoms. The van der Waals surface area contributed by atoms with E-state index in [4.69, 9.17) is 0 Å². The molecule has 2 aromatic rings. The summed E-state index contributed by atoms with van der Waals surface area (Å²) in [5, 5.41) is 3.10. The smallest absolute Gasteiger partial charge is 0.129 e. The van der Waals surface area contributed by atoms with Gasteiger partial charge in [0.05, 0.1) is 5.69 Å². The molecule has 94 valence electrons. The summed E-state index contributed by atoms with van der Waals surface area (Å²) < 4.78 is 26.2. The topological polar surface area (TPSA) is 37.8 Å². The van der Waals surface area contributed by atoms with Gasteiger partial charge in [-0.1, -0.05) is 6.92 Å². The van der Waals surface area contributed by atoms with Crippen LogP contribution >= 0.6 is 0 Å². The maximum atomic E-state index is 13.1. The van der Waals surface area contributed by atoms with Crippen molar-refractivity contribution in [2.45, 2.75) is 13.3 Å². The first-order chi connectivity index (χ1) is 8.69. The summed E-state index contributed by atoms with van der Waals surface area (Å²) in [5.74, 6) is -0.593. The minimum absolute atomic E-state index is 0.398. The lowest BCUT2D eigenvalue weighted by atomic mass is 10.1. The van der Waals surface area contributed by atoms with E-state index in [0.29, 0.717) is 17.1 Å². The van der Waals surface area contributed by atoms with E-state index >= 15 is 0 Å². The minimum atomic E-state index is -0.619. The lowest BCUT2D eigenvalue weighted by molar-refractivity contribution is 0.584. The highest BCUT2D eigenvalue weighted by molar-refractivity contribution is 5.62. The van der Waals surface area contributed by atoms with Gasteiger partial charge in [0.1, 0.15) is 23.8 Å². The lowest BCUT2D eigenvalue weighted by Crippen LogP contribution is -2.02. The summed E-state index contributed by atoms with van der Waals surface area (Å²) >= 11 is 0. The fourth-order valence-electron chi connectivity index (χ4n) is 1.57. The Labute approximate surface area is 104 Å². The molecule has 0 bridgehead atoms. The number of aromatic nitrogens is 2. The van der Waals surface area contributed by atoms with Gasteiger partial charge in [0.25, 0.3) is 0 Å². The summed E-state index contributed by atoms with van der Waals surface area (Å²) in [4.78, 5) is 8.05. The molecule has 2 rings (SSSR count). The van der Waals surface area contributed by atoms with Gasteiger partial charge in [-0.05, 0) is 18.6 Å². The molecule has 0 radical (unpaired) electrons. The Morgan fingerprint density at radius 3 is 2.44 bits per heavy atom. The summed E-state index contributed by atoms with van der Waals surface area (Å²) in [6.07, 6.45) is 2.34. The van der Waals surface area contributed by atoms with Crippen molar-refractivity contribution in [3.63, 3.8) is 0 Å². The molecule has 0 saturated carbocycles. The van der Waals surface area contributed by atoms with Gasteiger partial charge >= 0.3 is 0 Å². The maximum Gasteiger partial charge on any atom is 0.129 e. The lowest BCUT2D eigenvalue weighted by Gasteiger charge is -2.06. The zero-order valence-corrected chi connectivity index (χ0v) is 9.95. The first-order valence-electron chi connectivity index (χ1n) is 5.71. The molecule has 0 aliphatic carbocycles. The summed E-state index contributed by atoms with van der Waals surface area (Å²) in [5.41, 5.74) is 0.886. The van der Waals surface area contributed by atoms with Crippen LogP contribution in [0.3, 0.4) is 0 Å². The molecule has 1 aromatic heterocycles. The van der Waals surface area contributed by atoms with E-state index in [0.717, 1.165) is 19.0 Å². The molecular formula is C13H13F2N3. The van der Waals surface area contributed by atoms with E-state index in [1.165, 1.54) is 18.5 Å². The molecule has 0 aliphatic heterocycles. The highest BCUT2D eigenvalue weighted by atomic mass is 19.1. The minimum Gasteiger partial charge on any atom is -0.370 e. The van der Waals surface area contributed by atoms with Crippen molar-refractivity contribution in [3.05, 3.63) is 42.2 Å². The largest absolute Gasteiger partial charge is 0.370 e. The second-order valence-corrected chi connectivity index (χ2v) is 3.87. The molecular weight excluding hydrogens is 236 g/mol. The van der Waals surface area contributed by atoms with Gasteiger partial charge in [0, 0.05) is 24.2 Å². The van der Waals surface area contributed by atoms with Gasteiger partial charge < -0.3 is 5.32 Å². The third kappa shape index (κ3) is 3.00. The van der Waals surface area contributed by atoms with Crippen molar-refractivity contribution in [3.8, 4) is 11.3 Å². The van der Waals surface area contributed by atoms with Crippen LogP contribution in [-0.4, -0.2) is 16.5 Å². The zero-order chi connectivity index (χ0) is 13.0. The van der Waals surface area contributed by atoms with Gasteiger partial charge in [-0.2, -0.15) is 0 Å². The first kappa shape index (κ1) is 12.4. The molecule has 1 heterocycles. The number of rotatable bonds is 4. The second kappa shape index (κ2) is 5.53. The van der Waals surface area contributed by atoms with Gasteiger partial charge in [0.15, 0.2) is 0 Å². The molecule has 1 aromatic carbocycles. The van der Waals surface area contributed by atoms with E-state index in [9.17, 15) is 8.78 Å². The Morgan fingerprint density at radius 1 is 1.06 bits per heavy atom. The highest BCUT2D eigenvalue weighted by Gasteiger charge is 2.05. The number of halogens is 2. The Bertz CT molecular complexity index is 523. The van der Waals surface area contributed by atoms with Crippen molar-refractivity contribution in [1.82, 2.24) is 9.97 Å². The standard InChI is InChI=1S/C13H13F2N3/c1-2-3-16-13-7-12(17-8-18-13)9-4-10(14)6-11(15)5-9/h4-8H,2-3H2,1H3,(H,16,17,18). The van der Waals surface area contributed by atoms with E-state index in [2.05, 4.69) is 15.3 Å². The monoisotopic (exact) mass is 249 g/mol. The Morgan fingerprint density at radius 2 is 1.78 bits per heavy atom. The summed E-state index contributed by atoms with van der Waals surface area (Å²) in [6.45, 7) is 2.82. The molecule has 0 spiro atoms. The normalized spacial score (nSPS) is 10.4. The molecule has 3 nitrogen and oxygen atoms in total. The number of anilines is 1. The number of nitrogens with zero attached hydrogens (tertiary/aromatic N) is 2. The molecule has 0 amide bonds. The fourth-order valence-corrected chi connectivity index (χ4v) is 1.57. The Hall–Kier alpha value is -2.04. The second-order valence-electron chi connectivity index (χ2n) is 3.87. The van der Waals surface area contributed by atoms with Crippen LogP contribution in [0.1, 0.15) is 13.3 Å². The van der Waals surface area contributed by atoms with Crippen LogP contribution in [0.25, 0.3) is 11.3 Å². The van der Waals surface area contributed by atoms with Crippen LogP contribution in [-0.2, 0) is 0 Å². The molecule has 0 atom stereocenters. The van der Waals surface area contributed by atoms with E-state index in [1.54, 1.807) is 6.07 Å². The van der Waals surface area contributed by atoms with Crippen LogP contribution in [0.4, 0.5) is 14.6 Å². The molecule has 0 unspecified atom stereocenters. The predicted octanol–water partition coefficient (Wildman–Crippen LogP) is 3.24. The Kier molecular flexibility index (Phi) is 3.82. The quantitative estimate of drug-likeness (QED) is 0.903. The SMILES string of the molecule is CCCNc1cc(-c2cc(F)cc(F)c2)ncn1. The van der Waals surface area contributed by atoms with E-state index in [1.807, 2.05) is 6.92 Å². The highest BCUT2D eigenvalue weighted by Crippen LogP contribution is 2.21. The molecule has 0 saturated heterocycles. The third-order valence-corrected chi connectivity index (χ3v) is 2.38. The van der Waals surface area contributed by atoms with Gasteiger partial charge in [-0.25, -0.2) is 18.7 Å². The summed E-state index contributed by atoms with van der Waals surface area (Å²) in [6, 6.07) is 4.99. The number of hydrogen-bond acceptors (Lipinski definition) is 3. The van der Waals surface area contributed by atoms with Crippen molar-refractivity contribution in [2.75, 3.05) is 11.9 Å². The van der Waals surface area contributed by atoms with Gasteiger partial charge in [-0.3, -0.25) is 0 Å². The fraction of sp³-hybridized carbons (Fsp3) is 0.231. The van der Waals surface area contributed by atoms with Crippen molar-refractivity contribution in [2.24, 2.45) is 0 Å². The molecule has 1 N–H and O–H groups in total. The molecule has 18 heavy (non-hydrogen) atoms.